The Bertz CT molecular complexity index is 883. The molecular weight excluding hydrogens is 358 g/mol. The number of rotatable bonds is 5. The van der Waals surface area contributed by atoms with Crippen LogP contribution in [-0.2, 0) is 5.75 Å². The number of thioether (sulfide) groups is 1. The van der Waals surface area contributed by atoms with Crippen LogP contribution in [-0.4, -0.2) is 45.1 Å². The van der Waals surface area contributed by atoms with Crippen molar-refractivity contribution in [3.63, 3.8) is 0 Å². The molecule has 1 amide bonds. The van der Waals surface area contributed by atoms with Crippen LogP contribution in [0.4, 0.5) is 0 Å². The van der Waals surface area contributed by atoms with Gasteiger partial charge >= 0.3 is 0 Å². The smallest absolute Gasteiger partial charge is 0.253 e. The predicted octanol–water partition coefficient (Wildman–Crippen LogP) is 2.66. The first-order chi connectivity index (χ1) is 13.2. The summed E-state index contributed by atoms with van der Waals surface area (Å²) in [6, 6.07) is 17.9. The maximum Gasteiger partial charge on any atom is 0.253 e. The largest absolute Gasteiger partial charge is 0.336 e. The van der Waals surface area contributed by atoms with Crippen molar-refractivity contribution in [2.45, 2.75) is 22.9 Å². The van der Waals surface area contributed by atoms with Crippen molar-refractivity contribution in [3.05, 3.63) is 77.6 Å². The van der Waals surface area contributed by atoms with Crippen LogP contribution in [0, 0.1) is 0 Å². The molecule has 0 unspecified atom stereocenters. The third kappa shape index (κ3) is 4.04. The number of nitrogens with one attached hydrogen (secondary N) is 1. The Morgan fingerprint density at radius 2 is 1.93 bits per heavy atom. The molecule has 3 N–H and O–H groups in total. The normalized spacial score (nSPS) is 19.4. The lowest BCUT2D eigenvalue weighted by Crippen LogP contribution is -2.32. The van der Waals surface area contributed by atoms with Crippen LogP contribution in [0.15, 0.2) is 66.1 Å². The van der Waals surface area contributed by atoms with Gasteiger partial charge in [0.05, 0.1) is 0 Å². The van der Waals surface area contributed by atoms with E-state index in [1.807, 2.05) is 47.4 Å². The highest BCUT2D eigenvalue weighted by Crippen LogP contribution is 2.27. The molecule has 0 saturated carbocycles. The molecule has 0 bridgehead atoms. The minimum Gasteiger partial charge on any atom is -0.336 e. The average molecular weight is 379 g/mol. The van der Waals surface area contributed by atoms with Crippen LogP contribution in [0.1, 0.15) is 27.4 Å². The first-order valence-electron chi connectivity index (χ1n) is 8.87. The van der Waals surface area contributed by atoms with Crippen molar-refractivity contribution < 1.29 is 4.79 Å². The second kappa shape index (κ2) is 7.94. The van der Waals surface area contributed by atoms with Crippen molar-refractivity contribution in [3.8, 4) is 0 Å². The SMILES string of the molecule is N[C@@H]1CN(C(=O)c2ccc(CSc3ncn[nH]3)cc2)C[C@H]1c1ccccc1. The highest BCUT2D eigenvalue weighted by atomic mass is 32.2. The van der Waals surface area contributed by atoms with E-state index in [0.717, 1.165) is 16.5 Å². The molecule has 1 aliphatic heterocycles. The van der Waals surface area contributed by atoms with Crippen LogP contribution < -0.4 is 5.73 Å². The summed E-state index contributed by atoms with van der Waals surface area (Å²) in [6.07, 6.45) is 1.49. The fourth-order valence-corrected chi connectivity index (χ4v) is 4.12. The number of carbonyl (C=O) groups is 1. The third-order valence-electron chi connectivity index (χ3n) is 4.85. The fraction of sp³-hybridized carbons (Fsp3) is 0.250. The molecule has 138 valence electrons. The minimum absolute atomic E-state index is 0.0334. The summed E-state index contributed by atoms with van der Waals surface area (Å²) in [5.41, 5.74) is 9.34. The zero-order valence-corrected chi connectivity index (χ0v) is 15.6. The summed E-state index contributed by atoms with van der Waals surface area (Å²) in [7, 11) is 0. The van der Waals surface area contributed by atoms with Gasteiger partial charge in [0.25, 0.3) is 5.91 Å². The second-order valence-electron chi connectivity index (χ2n) is 6.67. The van der Waals surface area contributed by atoms with E-state index in [1.165, 1.54) is 11.9 Å². The average Bonchev–Trinajstić information content (AvgIpc) is 3.36. The van der Waals surface area contributed by atoms with Gasteiger partial charge in [0.2, 0.25) is 0 Å². The number of amides is 1. The lowest BCUT2D eigenvalue weighted by molar-refractivity contribution is 0.0789. The number of hydrogen-bond donors (Lipinski definition) is 2. The van der Waals surface area contributed by atoms with Crippen LogP contribution in [0.5, 0.6) is 0 Å². The number of nitrogens with zero attached hydrogens (tertiary/aromatic N) is 3. The maximum atomic E-state index is 12.9. The van der Waals surface area contributed by atoms with E-state index in [4.69, 9.17) is 5.73 Å². The lowest BCUT2D eigenvalue weighted by Gasteiger charge is -2.17. The Kier molecular flexibility index (Phi) is 5.22. The lowest BCUT2D eigenvalue weighted by atomic mass is 9.95. The molecule has 0 aliphatic carbocycles. The highest BCUT2D eigenvalue weighted by molar-refractivity contribution is 7.98. The Balaban J connectivity index is 1.39. The van der Waals surface area contributed by atoms with Crippen molar-refractivity contribution in [1.29, 1.82) is 0 Å². The number of aromatic amines is 1. The molecule has 6 nitrogen and oxygen atoms in total. The third-order valence-corrected chi connectivity index (χ3v) is 5.80. The van der Waals surface area contributed by atoms with Crippen molar-refractivity contribution >= 4 is 17.7 Å². The van der Waals surface area contributed by atoms with Gasteiger partial charge < -0.3 is 10.6 Å². The molecule has 0 radical (unpaired) electrons. The van der Waals surface area contributed by atoms with Gasteiger partial charge in [0.15, 0.2) is 5.16 Å². The fourth-order valence-electron chi connectivity index (χ4n) is 3.39. The quantitative estimate of drug-likeness (QED) is 0.666. The molecular formula is C20H21N5OS. The van der Waals surface area contributed by atoms with Gasteiger partial charge in [-0.05, 0) is 23.3 Å². The molecule has 3 aromatic rings. The van der Waals surface area contributed by atoms with Gasteiger partial charge in [-0.25, -0.2) is 4.98 Å². The van der Waals surface area contributed by atoms with Crippen LogP contribution in [0.25, 0.3) is 0 Å². The van der Waals surface area contributed by atoms with Crippen LogP contribution >= 0.6 is 11.8 Å². The Morgan fingerprint density at radius 3 is 2.63 bits per heavy atom. The van der Waals surface area contributed by atoms with Gasteiger partial charge in [-0.15, -0.1) is 0 Å². The van der Waals surface area contributed by atoms with Crippen molar-refractivity contribution in [2.75, 3.05) is 13.1 Å². The van der Waals surface area contributed by atoms with E-state index < -0.39 is 0 Å². The summed E-state index contributed by atoms with van der Waals surface area (Å²) < 4.78 is 0. The second-order valence-corrected chi connectivity index (χ2v) is 7.63. The van der Waals surface area contributed by atoms with Crippen LogP contribution in [0.2, 0.25) is 0 Å². The molecule has 4 rings (SSSR count). The molecule has 1 aromatic heterocycles. The molecule has 2 heterocycles. The highest BCUT2D eigenvalue weighted by Gasteiger charge is 2.34. The monoisotopic (exact) mass is 379 g/mol. The minimum atomic E-state index is -0.0334. The maximum absolute atomic E-state index is 12.9. The number of nitrogens with two attached hydrogens (primary N) is 1. The van der Waals surface area contributed by atoms with Crippen LogP contribution in [0.3, 0.4) is 0 Å². The van der Waals surface area contributed by atoms with Gasteiger partial charge in [-0.2, -0.15) is 5.10 Å². The number of carbonyl (C=O) groups excluding carboxylic acids is 1. The number of H-pyrrole nitrogens is 1. The van der Waals surface area contributed by atoms with E-state index in [2.05, 4.69) is 27.3 Å². The zero-order valence-electron chi connectivity index (χ0n) is 14.8. The first kappa shape index (κ1) is 17.8. The Labute approximate surface area is 162 Å². The van der Waals surface area contributed by atoms with E-state index in [9.17, 15) is 4.79 Å². The number of hydrogen-bond acceptors (Lipinski definition) is 5. The van der Waals surface area contributed by atoms with Crippen molar-refractivity contribution in [2.24, 2.45) is 5.73 Å². The summed E-state index contributed by atoms with van der Waals surface area (Å²) in [6.45, 7) is 1.24. The van der Waals surface area contributed by atoms with Gasteiger partial charge in [-0.3, -0.25) is 9.89 Å². The van der Waals surface area contributed by atoms with E-state index in [-0.39, 0.29) is 17.9 Å². The number of likely N-dealkylation sites (tertiary alicyclic amines) is 1. The standard InChI is InChI=1S/C20H21N5OS/c21-18-11-25(10-17(18)15-4-2-1-3-5-15)19(26)16-8-6-14(7-9-16)12-27-20-22-13-23-24-20/h1-9,13,17-18H,10-12,21H2,(H,22,23,24)/t17-,18+/m0/s1. The Morgan fingerprint density at radius 1 is 1.15 bits per heavy atom. The van der Waals surface area contributed by atoms with Gasteiger partial charge in [0, 0.05) is 36.4 Å². The summed E-state index contributed by atoms with van der Waals surface area (Å²) in [4.78, 5) is 18.8. The number of benzene rings is 2. The first-order valence-corrected chi connectivity index (χ1v) is 9.86. The van der Waals surface area contributed by atoms with E-state index in [1.54, 1.807) is 11.8 Å². The molecule has 2 atom stereocenters. The zero-order chi connectivity index (χ0) is 18.6. The molecule has 1 saturated heterocycles. The molecule has 0 spiro atoms. The number of aromatic nitrogens is 3. The topological polar surface area (TPSA) is 87.9 Å². The summed E-state index contributed by atoms with van der Waals surface area (Å²) in [5.74, 6) is 1.000. The molecule has 7 heteroatoms. The van der Waals surface area contributed by atoms with Gasteiger partial charge in [-0.1, -0.05) is 54.2 Å². The summed E-state index contributed by atoms with van der Waals surface area (Å²) >= 11 is 1.58. The van der Waals surface area contributed by atoms with E-state index >= 15 is 0 Å². The molecule has 2 aromatic carbocycles. The summed E-state index contributed by atoms with van der Waals surface area (Å²) in [5, 5.41) is 7.44. The van der Waals surface area contributed by atoms with Crippen molar-refractivity contribution in [1.82, 2.24) is 20.1 Å². The molecule has 1 aliphatic rings. The molecule has 27 heavy (non-hydrogen) atoms. The van der Waals surface area contributed by atoms with Gasteiger partial charge in [0.1, 0.15) is 6.33 Å². The van der Waals surface area contributed by atoms with E-state index in [0.29, 0.717) is 18.7 Å². The molecule has 1 fully saturated rings. The Hall–Kier alpha value is -2.64. The predicted molar refractivity (Wildman–Crippen MR) is 105 cm³/mol.